The van der Waals surface area contributed by atoms with Crippen LogP contribution in [0.5, 0.6) is 0 Å². The van der Waals surface area contributed by atoms with Gasteiger partial charge < -0.3 is 15.3 Å². The molecule has 1 aliphatic rings. The second-order valence-corrected chi connectivity index (χ2v) is 6.41. The zero-order chi connectivity index (χ0) is 14.4. The number of aliphatic hydroxyl groups is 1. The molecule has 0 aromatic heterocycles. The monoisotopic (exact) mass is 270 g/mol. The normalized spacial score (nSPS) is 23.3. The minimum atomic E-state index is -0.325. The van der Waals surface area contributed by atoms with Crippen LogP contribution in [0.2, 0.25) is 0 Å². The number of nitrogens with zero attached hydrogens (tertiary/aromatic N) is 1. The molecule has 3 unspecified atom stereocenters. The average molecular weight is 270 g/mol. The number of aliphatic hydroxyl groups excluding tert-OH is 1. The summed E-state index contributed by atoms with van der Waals surface area (Å²) in [5.41, 5.74) is 0. The molecule has 0 aromatic carbocycles. The summed E-state index contributed by atoms with van der Waals surface area (Å²) in [6, 6.07) is 0.253. The van der Waals surface area contributed by atoms with E-state index in [2.05, 4.69) is 26.1 Å². The number of urea groups is 1. The lowest BCUT2D eigenvalue weighted by molar-refractivity contribution is 0.0733. The third kappa shape index (κ3) is 5.81. The van der Waals surface area contributed by atoms with Crippen molar-refractivity contribution in [3.63, 3.8) is 0 Å². The van der Waals surface area contributed by atoms with E-state index in [0.29, 0.717) is 12.5 Å². The van der Waals surface area contributed by atoms with E-state index in [-0.39, 0.29) is 24.1 Å². The molecule has 3 atom stereocenters. The van der Waals surface area contributed by atoms with E-state index in [1.165, 1.54) is 0 Å². The average Bonchev–Trinajstić information content (AvgIpc) is 2.36. The fourth-order valence-corrected chi connectivity index (χ4v) is 2.55. The molecular formula is C15H30N2O2. The molecule has 112 valence electrons. The molecule has 4 heteroatoms. The Morgan fingerprint density at radius 2 is 2.00 bits per heavy atom. The van der Waals surface area contributed by atoms with E-state index in [0.717, 1.165) is 32.2 Å². The van der Waals surface area contributed by atoms with Crippen molar-refractivity contribution in [3.8, 4) is 0 Å². The van der Waals surface area contributed by atoms with Gasteiger partial charge >= 0.3 is 6.03 Å². The van der Waals surface area contributed by atoms with Gasteiger partial charge in [0.15, 0.2) is 0 Å². The van der Waals surface area contributed by atoms with Crippen LogP contribution in [0.15, 0.2) is 0 Å². The van der Waals surface area contributed by atoms with Gasteiger partial charge in [-0.15, -0.1) is 0 Å². The summed E-state index contributed by atoms with van der Waals surface area (Å²) in [4.78, 5) is 14.0. The number of rotatable bonds is 5. The third-order valence-electron chi connectivity index (χ3n) is 3.97. The van der Waals surface area contributed by atoms with Gasteiger partial charge in [0.2, 0.25) is 0 Å². The highest BCUT2D eigenvalue weighted by Crippen LogP contribution is 2.19. The van der Waals surface area contributed by atoms with Crippen LogP contribution >= 0.6 is 0 Å². The van der Waals surface area contributed by atoms with Crippen molar-refractivity contribution in [1.29, 1.82) is 0 Å². The number of carbonyl (C=O) groups excluding carboxylic acids is 1. The number of nitrogens with one attached hydrogen (secondary N) is 1. The Balaban J connectivity index is 2.36. The Morgan fingerprint density at radius 1 is 1.32 bits per heavy atom. The Bertz CT molecular complexity index is 279. The number of likely N-dealkylation sites (tertiary alicyclic amines) is 1. The highest BCUT2D eigenvalue weighted by atomic mass is 16.3. The smallest absolute Gasteiger partial charge is 0.317 e. The summed E-state index contributed by atoms with van der Waals surface area (Å²) < 4.78 is 0. The fourth-order valence-electron chi connectivity index (χ4n) is 2.55. The van der Waals surface area contributed by atoms with Crippen LogP contribution in [0.1, 0.15) is 53.4 Å². The van der Waals surface area contributed by atoms with Gasteiger partial charge in [0.25, 0.3) is 0 Å². The van der Waals surface area contributed by atoms with Crippen molar-refractivity contribution in [2.24, 2.45) is 11.8 Å². The Labute approximate surface area is 117 Å². The molecular weight excluding hydrogens is 240 g/mol. The lowest BCUT2D eigenvalue weighted by Gasteiger charge is -2.34. The lowest BCUT2D eigenvalue weighted by atomic mass is 9.94. The molecule has 2 N–H and O–H groups in total. The van der Waals surface area contributed by atoms with Crippen molar-refractivity contribution in [1.82, 2.24) is 10.2 Å². The summed E-state index contributed by atoms with van der Waals surface area (Å²) >= 11 is 0. The van der Waals surface area contributed by atoms with Crippen molar-refractivity contribution in [3.05, 3.63) is 0 Å². The van der Waals surface area contributed by atoms with Crippen LogP contribution < -0.4 is 5.32 Å². The first-order chi connectivity index (χ1) is 8.90. The van der Waals surface area contributed by atoms with E-state index in [4.69, 9.17) is 0 Å². The molecule has 0 aromatic rings. The Hall–Kier alpha value is -0.770. The highest BCUT2D eigenvalue weighted by molar-refractivity contribution is 5.74. The van der Waals surface area contributed by atoms with Gasteiger partial charge in [-0.3, -0.25) is 0 Å². The highest BCUT2D eigenvalue weighted by Gasteiger charge is 2.26. The van der Waals surface area contributed by atoms with E-state index in [9.17, 15) is 9.90 Å². The predicted octanol–water partition coefficient (Wildman–Crippen LogP) is 2.61. The van der Waals surface area contributed by atoms with Gasteiger partial charge in [0.1, 0.15) is 0 Å². The first kappa shape index (κ1) is 16.3. The molecule has 0 aliphatic carbocycles. The summed E-state index contributed by atoms with van der Waals surface area (Å²) in [5, 5.41) is 12.7. The quantitative estimate of drug-likeness (QED) is 0.807. The third-order valence-corrected chi connectivity index (χ3v) is 3.97. The van der Waals surface area contributed by atoms with E-state index < -0.39 is 0 Å². The van der Waals surface area contributed by atoms with Gasteiger partial charge in [-0.2, -0.15) is 0 Å². The number of hydrogen-bond donors (Lipinski definition) is 2. The van der Waals surface area contributed by atoms with Crippen molar-refractivity contribution >= 4 is 6.03 Å². The summed E-state index contributed by atoms with van der Waals surface area (Å²) in [5.74, 6) is 0.902. The van der Waals surface area contributed by atoms with Crippen molar-refractivity contribution < 1.29 is 9.90 Å². The zero-order valence-electron chi connectivity index (χ0n) is 12.9. The summed E-state index contributed by atoms with van der Waals surface area (Å²) in [6.07, 6.45) is 3.84. The number of piperidine rings is 1. The Kier molecular flexibility index (Phi) is 6.63. The largest absolute Gasteiger partial charge is 0.393 e. The molecule has 1 rings (SSSR count). The van der Waals surface area contributed by atoms with E-state index in [1.54, 1.807) is 0 Å². The fraction of sp³-hybridized carbons (Fsp3) is 0.933. The molecule has 2 amide bonds. The molecule has 19 heavy (non-hydrogen) atoms. The molecule has 1 heterocycles. The lowest BCUT2D eigenvalue weighted by Crippen LogP contribution is -2.49. The molecule has 1 saturated heterocycles. The maximum Gasteiger partial charge on any atom is 0.317 e. The molecule has 0 spiro atoms. The van der Waals surface area contributed by atoms with Gasteiger partial charge in [0, 0.05) is 25.0 Å². The number of hydrogen-bond acceptors (Lipinski definition) is 2. The molecule has 1 fully saturated rings. The molecule has 0 saturated carbocycles. The number of amides is 2. The van der Waals surface area contributed by atoms with Crippen molar-refractivity contribution in [2.75, 3.05) is 13.1 Å². The van der Waals surface area contributed by atoms with Gasteiger partial charge in [-0.25, -0.2) is 4.79 Å². The van der Waals surface area contributed by atoms with Crippen LogP contribution in [0, 0.1) is 11.8 Å². The topological polar surface area (TPSA) is 52.6 Å². The van der Waals surface area contributed by atoms with Crippen LogP contribution in [0.4, 0.5) is 4.79 Å². The van der Waals surface area contributed by atoms with Gasteiger partial charge in [0.05, 0.1) is 6.10 Å². The molecule has 4 nitrogen and oxygen atoms in total. The standard InChI is InChI=1S/C15H30N2O2/c1-11(2)7-8-12(3)16-15(19)17-9-5-6-14(10-17)13(4)18/h11-14,18H,5-10H2,1-4H3,(H,16,19). The van der Waals surface area contributed by atoms with Crippen LogP contribution in [0.3, 0.4) is 0 Å². The second kappa shape index (κ2) is 7.73. The first-order valence-corrected chi connectivity index (χ1v) is 7.63. The zero-order valence-corrected chi connectivity index (χ0v) is 12.9. The van der Waals surface area contributed by atoms with Crippen LogP contribution in [-0.2, 0) is 0 Å². The SMILES string of the molecule is CC(C)CCC(C)NC(=O)N1CCCC(C(C)O)C1. The molecule has 0 radical (unpaired) electrons. The van der Waals surface area contributed by atoms with E-state index in [1.807, 2.05) is 11.8 Å². The second-order valence-electron chi connectivity index (χ2n) is 6.41. The minimum Gasteiger partial charge on any atom is -0.393 e. The first-order valence-electron chi connectivity index (χ1n) is 7.63. The van der Waals surface area contributed by atoms with Gasteiger partial charge in [-0.05, 0) is 45.4 Å². The van der Waals surface area contributed by atoms with Crippen LogP contribution in [-0.4, -0.2) is 41.3 Å². The predicted molar refractivity (Wildman–Crippen MR) is 78.0 cm³/mol. The Morgan fingerprint density at radius 3 is 2.58 bits per heavy atom. The molecule has 0 bridgehead atoms. The minimum absolute atomic E-state index is 0.0293. The number of carbonyl (C=O) groups is 1. The summed E-state index contributed by atoms with van der Waals surface area (Å²) in [6.45, 7) is 9.78. The van der Waals surface area contributed by atoms with Gasteiger partial charge in [-0.1, -0.05) is 13.8 Å². The maximum atomic E-state index is 12.2. The van der Waals surface area contributed by atoms with Crippen LogP contribution in [0.25, 0.3) is 0 Å². The van der Waals surface area contributed by atoms with E-state index >= 15 is 0 Å². The van der Waals surface area contributed by atoms with Crippen molar-refractivity contribution in [2.45, 2.75) is 65.5 Å². The maximum absolute atomic E-state index is 12.2. The molecule has 1 aliphatic heterocycles. The summed E-state index contributed by atoms with van der Waals surface area (Å²) in [7, 11) is 0.